The molecule has 5 nitrogen and oxygen atoms in total. The van der Waals surface area contributed by atoms with Gasteiger partial charge < -0.3 is 9.53 Å². The molecule has 0 saturated carbocycles. The van der Waals surface area contributed by atoms with Gasteiger partial charge in [0.25, 0.3) is 11.8 Å². The molecule has 0 bridgehead atoms. The Labute approximate surface area is 88.4 Å². The summed E-state index contributed by atoms with van der Waals surface area (Å²) in [6, 6.07) is 0. The molecule has 0 unspecified atom stereocenters. The lowest BCUT2D eigenvalue weighted by molar-refractivity contribution is -0.158. The summed E-state index contributed by atoms with van der Waals surface area (Å²) < 4.78 is 4.77. The topological polar surface area (TPSA) is 63.7 Å². The van der Waals surface area contributed by atoms with Gasteiger partial charge in [-0.2, -0.15) is 0 Å². The molecular weight excluding hydrogens is 198 g/mol. The van der Waals surface area contributed by atoms with Crippen molar-refractivity contribution < 1.29 is 19.1 Å². The van der Waals surface area contributed by atoms with Crippen molar-refractivity contribution in [2.75, 3.05) is 19.8 Å². The molecule has 1 aliphatic rings. The zero-order valence-corrected chi connectivity index (χ0v) is 8.82. The lowest BCUT2D eigenvalue weighted by atomic mass is 10.2. The lowest BCUT2D eigenvalue weighted by Crippen LogP contribution is -2.46. The molecule has 1 rings (SSSR count). The molecule has 1 saturated heterocycles. The van der Waals surface area contributed by atoms with E-state index in [1.54, 1.807) is 0 Å². The summed E-state index contributed by atoms with van der Waals surface area (Å²) in [5.74, 6) is -0.433. The van der Waals surface area contributed by atoms with Crippen molar-refractivity contribution in [2.24, 2.45) is 0 Å². The number of ether oxygens (including phenoxy) is 1. The molecule has 2 amide bonds. The maximum atomic E-state index is 11.2. The van der Waals surface area contributed by atoms with Crippen molar-refractivity contribution in [1.82, 2.24) is 4.90 Å². The van der Waals surface area contributed by atoms with Crippen molar-refractivity contribution in [3.8, 4) is 0 Å². The van der Waals surface area contributed by atoms with E-state index >= 15 is 0 Å². The van der Waals surface area contributed by atoms with Crippen LogP contribution in [0.5, 0.6) is 0 Å². The number of nitrogens with zero attached hydrogens (tertiary/aromatic N) is 1. The second kappa shape index (κ2) is 5.60. The van der Waals surface area contributed by atoms with Gasteiger partial charge in [-0.25, -0.2) is 0 Å². The first-order valence-electron chi connectivity index (χ1n) is 5.01. The molecular formula is C10H15NO4. The van der Waals surface area contributed by atoms with Gasteiger partial charge in [-0.3, -0.25) is 14.5 Å². The normalized spacial score (nSPS) is 17.0. The van der Waals surface area contributed by atoms with Gasteiger partial charge in [0, 0.05) is 13.0 Å². The first-order valence-corrected chi connectivity index (χ1v) is 5.01. The summed E-state index contributed by atoms with van der Waals surface area (Å²) in [6.07, 6.45) is 1.90. The highest BCUT2D eigenvalue weighted by molar-refractivity contribution is 5.98. The lowest BCUT2D eigenvalue weighted by Gasteiger charge is -2.24. The summed E-state index contributed by atoms with van der Waals surface area (Å²) in [6.45, 7) is 1.90. The van der Waals surface area contributed by atoms with E-state index in [0.717, 1.165) is 0 Å². The predicted molar refractivity (Wildman–Crippen MR) is 52.1 cm³/mol. The van der Waals surface area contributed by atoms with Gasteiger partial charge in [-0.15, -0.1) is 0 Å². The van der Waals surface area contributed by atoms with Gasteiger partial charge in [0.05, 0.1) is 0 Å². The zero-order valence-electron chi connectivity index (χ0n) is 8.82. The monoisotopic (exact) mass is 213 g/mol. The Balaban J connectivity index is 2.26. The fourth-order valence-corrected chi connectivity index (χ4v) is 1.41. The van der Waals surface area contributed by atoms with Crippen molar-refractivity contribution in [3.05, 3.63) is 0 Å². The van der Waals surface area contributed by atoms with Crippen LogP contribution in [0.1, 0.15) is 26.2 Å². The maximum Gasteiger partial charge on any atom is 0.255 e. The van der Waals surface area contributed by atoms with Crippen LogP contribution in [0.15, 0.2) is 0 Å². The fraction of sp³-hybridized carbons (Fsp3) is 0.700. The van der Waals surface area contributed by atoms with Gasteiger partial charge in [-0.1, -0.05) is 0 Å². The molecule has 0 aromatic carbocycles. The van der Waals surface area contributed by atoms with Crippen LogP contribution in [-0.2, 0) is 19.1 Å². The van der Waals surface area contributed by atoms with E-state index in [4.69, 9.17) is 4.74 Å². The van der Waals surface area contributed by atoms with Crippen LogP contribution in [0.2, 0.25) is 0 Å². The average Bonchev–Trinajstić information content (AvgIpc) is 2.15. The van der Waals surface area contributed by atoms with Gasteiger partial charge in [0.1, 0.15) is 19.0 Å². The maximum absolute atomic E-state index is 11.2. The molecule has 0 aromatic rings. The van der Waals surface area contributed by atoms with Crippen LogP contribution >= 0.6 is 0 Å². The summed E-state index contributed by atoms with van der Waals surface area (Å²) in [5, 5.41) is 0. The molecule has 5 heteroatoms. The third kappa shape index (κ3) is 3.79. The molecule has 84 valence electrons. The van der Waals surface area contributed by atoms with Crippen LogP contribution in [0.25, 0.3) is 0 Å². The molecule has 0 aromatic heterocycles. The minimum Gasteiger partial charge on any atom is -0.362 e. The number of amides is 2. The largest absolute Gasteiger partial charge is 0.362 e. The van der Waals surface area contributed by atoms with Gasteiger partial charge >= 0.3 is 0 Å². The van der Waals surface area contributed by atoms with Gasteiger partial charge in [0.15, 0.2) is 0 Å². The van der Waals surface area contributed by atoms with Crippen LogP contribution in [0.3, 0.4) is 0 Å². The number of unbranched alkanes of at least 4 members (excludes halogenated alkanes) is 1. The zero-order chi connectivity index (χ0) is 11.3. The van der Waals surface area contributed by atoms with Crippen molar-refractivity contribution in [2.45, 2.75) is 26.2 Å². The van der Waals surface area contributed by atoms with Crippen LogP contribution in [0, 0.1) is 0 Å². The first-order chi connectivity index (χ1) is 7.11. The molecule has 0 aliphatic carbocycles. The fourth-order valence-electron chi connectivity index (χ4n) is 1.41. The minimum absolute atomic E-state index is 0.0154. The second-order valence-corrected chi connectivity index (χ2v) is 3.59. The Kier molecular flexibility index (Phi) is 4.42. The molecule has 0 spiro atoms. The van der Waals surface area contributed by atoms with Crippen molar-refractivity contribution >= 4 is 17.6 Å². The highest BCUT2D eigenvalue weighted by Crippen LogP contribution is 2.04. The van der Waals surface area contributed by atoms with Crippen molar-refractivity contribution in [1.29, 1.82) is 0 Å². The third-order valence-corrected chi connectivity index (χ3v) is 2.21. The molecule has 1 heterocycles. The van der Waals surface area contributed by atoms with E-state index < -0.39 is 0 Å². The first kappa shape index (κ1) is 11.8. The van der Waals surface area contributed by atoms with E-state index in [-0.39, 0.29) is 30.8 Å². The number of Topliss-reactive ketones (excluding diaryl/α,β-unsaturated/α-hetero) is 1. The Hall–Kier alpha value is -1.23. The van der Waals surface area contributed by atoms with E-state index in [2.05, 4.69) is 0 Å². The Morgan fingerprint density at radius 2 is 1.87 bits per heavy atom. The third-order valence-electron chi connectivity index (χ3n) is 2.21. The Morgan fingerprint density at radius 3 is 2.40 bits per heavy atom. The predicted octanol–water partition coefficient (Wildman–Crippen LogP) is 0.131. The Bertz CT molecular complexity index is 259. The minimum atomic E-state index is -0.283. The smallest absolute Gasteiger partial charge is 0.255 e. The van der Waals surface area contributed by atoms with Gasteiger partial charge in [-0.05, 0) is 19.8 Å². The number of carbonyl (C=O) groups excluding carboxylic acids is 3. The number of hydrogen-bond acceptors (Lipinski definition) is 4. The molecule has 0 radical (unpaired) electrons. The summed E-state index contributed by atoms with van der Waals surface area (Å²) in [5.41, 5.74) is 0. The SMILES string of the molecule is CC(=O)CCCCN1C(=O)COCC1=O. The second-order valence-electron chi connectivity index (χ2n) is 3.59. The molecule has 1 fully saturated rings. The number of rotatable bonds is 5. The van der Waals surface area contributed by atoms with E-state index in [0.29, 0.717) is 25.8 Å². The van der Waals surface area contributed by atoms with E-state index in [9.17, 15) is 14.4 Å². The Morgan fingerprint density at radius 1 is 1.27 bits per heavy atom. The molecule has 0 atom stereocenters. The standard InChI is InChI=1S/C10H15NO4/c1-8(12)4-2-3-5-11-9(13)6-15-7-10(11)14/h2-7H2,1H3. The highest BCUT2D eigenvalue weighted by atomic mass is 16.5. The van der Waals surface area contributed by atoms with Crippen molar-refractivity contribution in [3.63, 3.8) is 0 Å². The average molecular weight is 213 g/mol. The van der Waals surface area contributed by atoms with Crippen LogP contribution in [0.4, 0.5) is 0 Å². The highest BCUT2D eigenvalue weighted by Gasteiger charge is 2.25. The van der Waals surface area contributed by atoms with Gasteiger partial charge in [0.2, 0.25) is 0 Å². The number of imide groups is 1. The van der Waals surface area contributed by atoms with E-state index in [1.165, 1.54) is 11.8 Å². The summed E-state index contributed by atoms with van der Waals surface area (Å²) in [4.78, 5) is 34.4. The number of ketones is 1. The molecule has 1 aliphatic heterocycles. The number of carbonyl (C=O) groups is 3. The van der Waals surface area contributed by atoms with Crippen LogP contribution in [-0.4, -0.2) is 42.3 Å². The quantitative estimate of drug-likeness (QED) is 0.481. The summed E-state index contributed by atoms with van der Waals surface area (Å²) in [7, 11) is 0. The molecule has 0 N–H and O–H groups in total. The van der Waals surface area contributed by atoms with E-state index in [1.807, 2.05) is 0 Å². The molecule has 15 heavy (non-hydrogen) atoms. The number of morpholine rings is 1. The number of hydrogen-bond donors (Lipinski definition) is 0. The van der Waals surface area contributed by atoms with Crippen LogP contribution < -0.4 is 0 Å². The summed E-state index contributed by atoms with van der Waals surface area (Å²) >= 11 is 0.